The molecule has 15 heavy (non-hydrogen) atoms. The predicted octanol–water partition coefficient (Wildman–Crippen LogP) is 1.75. The molecule has 0 aromatic carbocycles. The minimum Gasteiger partial charge on any atom is -0.328 e. The van der Waals surface area contributed by atoms with Gasteiger partial charge in [-0.25, -0.2) is 0 Å². The summed E-state index contributed by atoms with van der Waals surface area (Å²) in [6, 6.07) is 0.615. The molecule has 0 amide bonds. The van der Waals surface area contributed by atoms with Crippen molar-refractivity contribution in [1.82, 2.24) is 4.90 Å². The minimum absolute atomic E-state index is 0.198. The van der Waals surface area contributed by atoms with Crippen LogP contribution >= 0.6 is 0 Å². The lowest BCUT2D eigenvalue weighted by Crippen LogP contribution is -2.58. The van der Waals surface area contributed by atoms with Crippen molar-refractivity contribution in [1.29, 1.82) is 0 Å². The highest BCUT2D eigenvalue weighted by molar-refractivity contribution is 4.91. The molecule has 0 aromatic rings. The van der Waals surface area contributed by atoms with Crippen LogP contribution in [0, 0.1) is 5.92 Å². The molecule has 88 valence electrons. The Bertz CT molecular complexity index is 215. The summed E-state index contributed by atoms with van der Waals surface area (Å²) in [5, 5.41) is 0. The number of hydrogen-bond acceptors (Lipinski definition) is 2. The second-order valence-electron chi connectivity index (χ2n) is 4.76. The van der Waals surface area contributed by atoms with Gasteiger partial charge in [-0.1, -0.05) is 0 Å². The van der Waals surface area contributed by atoms with Gasteiger partial charge < -0.3 is 5.73 Å². The third-order valence-corrected chi connectivity index (χ3v) is 3.63. The van der Waals surface area contributed by atoms with Gasteiger partial charge in [0.15, 0.2) is 0 Å². The Kier molecular flexibility index (Phi) is 2.94. The van der Waals surface area contributed by atoms with Gasteiger partial charge in [0.25, 0.3) is 0 Å². The molecule has 1 saturated carbocycles. The zero-order chi connectivity index (χ0) is 11.1. The number of nitrogens with two attached hydrogens (primary N) is 1. The van der Waals surface area contributed by atoms with Crippen molar-refractivity contribution in [3.8, 4) is 0 Å². The van der Waals surface area contributed by atoms with E-state index in [1.54, 1.807) is 0 Å². The number of nitrogens with zero attached hydrogens (tertiary/aromatic N) is 1. The van der Waals surface area contributed by atoms with Crippen LogP contribution in [0.4, 0.5) is 13.2 Å². The molecule has 2 nitrogen and oxygen atoms in total. The molecule has 0 radical (unpaired) electrons. The predicted molar refractivity (Wildman–Crippen MR) is 51.3 cm³/mol. The number of alkyl halides is 3. The Morgan fingerprint density at radius 3 is 2.00 bits per heavy atom. The average molecular weight is 222 g/mol. The van der Waals surface area contributed by atoms with Crippen molar-refractivity contribution in [3.63, 3.8) is 0 Å². The lowest BCUT2D eigenvalue weighted by molar-refractivity contribution is -0.215. The van der Waals surface area contributed by atoms with Crippen molar-refractivity contribution >= 4 is 0 Å². The quantitative estimate of drug-likeness (QED) is 0.732. The summed E-state index contributed by atoms with van der Waals surface area (Å²) in [6.07, 6.45) is -0.158. The summed E-state index contributed by atoms with van der Waals surface area (Å²) < 4.78 is 36.8. The van der Waals surface area contributed by atoms with Crippen molar-refractivity contribution in [2.24, 2.45) is 11.7 Å². The topological polar surface area (TPSA) is 29.3 Å². The molecule has 1 aliphatic heterocycles. The van der Waals surface area contributed by atoms with E-state index in [1.807, 2.05) is 4.90 Å². The first kappa shape index (κ1) is 11.2. The molecule has 1 saturated heterocycles. The molecular weight excluding hydrogens is 205 g/mol. The lowest BCUT2D eigenvalue weighted by atomic mass is 9.87. The van der Waals surface area contributed by atoms with E-state index in [9.17, 15) is 13.2 Å². The average Bonchev–Trinajstić information content (AvgIpc) is 2.03. The maximum atomic E-state index is 12.3. The first-order valence-corrected chi connectivity index (χ1v) is 5.53. The van der Waals surface area contributed by atoms with E-state index in [1.165, 1.54) is 0 Å². The standard InChI is InChI=1S/C10H17F3N2/c11-10(12,13)7-5-15(6-7)9-3-1-8(14)2-4-9/h7-9H,1-6,14H2/t8-,9-. The monoisotopic (exact) mass is 222 g/mol. The van der Waals surface area contributed by atoms with E-state index in [0.717, 1.165) is 25.7 Å². The molecule has 2 aliphatic rings. The Morgan fingerprint density at radius 1 is 1.00 bits per heavy atom. The Hall–Kier alpha value is -0.290. The maximum Gasteiger partial charge on any atom is 0.394 e. The van der Waals surface area contributed by atoms with Gasteiger partial charge >= 0.3 is 6.18 Å². The molecular formula is C10H17F3N2. The highest BCUT2D eigenvalue weighted by Gasteiger charge is 2.48. The highest BCUT2D eigenvalue weighted by atomic mass is 19.4. The summed E-state index contributed by atoms with van der Waals surface area (Å²) in [5.41, 5.74) is 5.75. The fourth-order valence-corrected chi connectivity index (χ4v) is 2.48. The summed E-state index contributed by atoms with van der Waals surface area (Å²) in [6.45, 7) is 0.396. The van der Waals surface area contributed by atoms with Crippen LogP contribution in [0.25, 0.3) is 0 Å². The van der Waals surface area contributed by atoms with E-state index in [4.69, 9.17) is 5.73 Å². The highest BCUT2D eigenvalue weighted by Crippen LogP contribution is 2.36. The van der Waals surface area contributed by atoms with Gasteiger partial charge in [0.2, 0.25) is 0 Å². The fraction of sp³-hybridized carbons (Fsp3) is 1.00. The Balaban J connectivity index is 1.75. The molecule has 0 unspecified atom stereocenters. The maximum absolute atomic E-state index is 12.3. The van der Waals surface area contributed by atoms with Crippen LogP contribution in [0.15, 0.2) is 0 Å². The van der Waals surface area contributed by atoms with Crippen LogP contribution in [0.3, 0.4) is 0 Å². The third kappa shape index (κ3) is 2.45. The molecule has 5 heteroatoms. The van der Waals surface area contributed by atoms with E-state index >= 15 is 0 Å². The lowest BCUT2D eigenvalue weighted by Gasteiger charge is -2.46. The van der Waals surface area contributed by atoms with E-state index in [0.29, 0.717) is 6.04 Å². The van der Waals surface area contributed by atoms with Gasteiger partial charge in [0.1, 0.15) is 0 Å². The molecule has 0 spiro atoms. The van der Waals surface area contributed by atoms with Crippen molar-refractivity contribution in [2.45, 2.75) is 43.9 Å². The number of likely N-dealkylation sites (tertiary alicyclic amines) is 1. The molecule has 2 fully saturated rings. The Morgan fingerprint density at radius 2 is 1.53 bits per heavy atom. The third-order valence-electron chi connectivity index (χ3n) is 3.63. The molecule has 2 N–H and O–H groups in total. The van der Waals surface area contributed by atoms with Gasteiger partial charge in [0.05, 0.1) is 5.92 Å². The number of hydrogen-bond donors (Lipinski definition) is 1. The SMILES string of the molecule is N[C@H]1CC[C@H](N2CC(C(F)(F)F)C2)CC1. The van der Waals surface area contributed by atoms with Crippen LogP contribution in [0.1, 0.15) is 25.7 Å². The van der Waals surface area contributed by atoms with Crippen molar-refractivity contribution in [2.75, 3.05) is 13.1 Å². The summed E-state index contributed by atoms with van der Waals surface area (Å²) in [7, 11) is 0. The van der Waals surface area contributed by atoms with Gasteiger partial charge in [-0.05, 0) is 25.7 Å². The number of rotatable bonds is 1. The van der Waals surface area contributed by atoms with Gasteiger partial charge in [0, 0.05) is 25.2 Å². The molecule has 0 aromatic heterocycles. The van der Waals surface area contributed by atoms with Crippen LogP contribution in [-0.4, -0.2) is 36.2 Å². The molecule has 1 heterocycles. The van der Waals surface area contributed by atoms with Crippen LogP contribution in [-0.2, 0) is 0 Å². The molecule has 1 aliphatic carbocycles. The van der Waals surface area contributed by atoms with Crippen molar-refractivity contribution in [3.05, 3.63) is 0 Å². The zero-order valence-electron chi connectivity index (χ0n) is 8.63. The second-order valence-corrected chi connectivity index (χ2v) is 4.76. The fourth-order valence-electron chi connectivity index (χ4n) is 2.48. The van der Waals surface area contributed by atoms with Crippen LogP contribution < -0.4 is 5.73 Å². The minimum atomic E-state index is -4.00. The van der Waals surface area contributed by atoms with E-state index in [-0.39, 0.29) is 19.1 Å². The summed E-state index contributed by atoms with van der Waals surface area (Å²) in [4.78, 5) is 1.96. The summed E-state index contributed by atoms with van der Waals surface area (Å²) >= 11 is 0. The van der Waals surface area contributed by atoms with E-state index in [2.05, 4.69) is 0 Å². The zero-order valence-corrected chi connectivity index (χ0v) is 8.63. The summed E-state index contributed by atoms with van der Waals surface area (Å²) in [5.74, 6) is -1.09. The van der Waals surface area contributed by atoms with Gasteiger partial charge in [-0.15, -0.1) is 0 Å². The second kappa shape index (κ2) is 3.94. The van der Waals surface area contributed by atoms with Gasteiger partial charge in [-0.3, -0.25) is 4.90 Å². The molecule has 2 rings (SSSR count). The normalized spacial score (nSPS) is 35.2. The largest absolute Gasteiger partial charge is 0.394 e. The first-order valence-electron chi connectivity index (χ1n) is 5.53. The molecule has 0 atom stereocenters. The first-order chi connectivity index (χ1) is 6.97. The Labute approximate surface area is 87.6 Å². The molecule has 0 bridgehead atoms. The van der Waals surface area contributed by atoms with Crippen molar-refractivity contribution < 1.29 is 13.2 Å². The van der Waals surface area contributed by atoms with E-state index < -0.39 is 12.1 Å². The smallest absolute Gasteiger partial charge is 0.328 e. The number of halogens is 3. The van der Waals surface area contributed by atoms with Crippen LogP contribution in [0.5, 0.6) is 0 Å². The van der Waals surface area contributed by atoms with Gasteiger partial charge in [-0.2, -0.15) is 13.2 Å². The van der Waals surface area contributed by atoms with Crippen LogP contribution in [0.2, 0.25) is 0 Å².